The fourth-order valence-electron chi connectivity index (χ4n) is 4.47. The largest absolute Gasteiger partial charge is 0 e. The monoisotopic (exact) mass is 782 g/mol. The second-order valence-corrected chi connectivity index (χ2v) is 22.8. The van der Waals surface area contributed by atoms with Gasteiger partial charge in [0, 0.05) is 32.4 Å². The normalized spacial score (nSPS) is 11.9. The zero-order valence-corrected chi connectivity index (χ0v) is 29.1. The molecule has 0 amide bonds. The average Bonchev–Trinajstić information content (AvgIpc) is 3.31. The Hall–Kier alpha value is -2.63. The molecule has 0 spiro atoms. The topological polar surface area (TPSA) is 25.8 Å². The van der Waals surface area contributed by atoms with E-state index in [1.165, 1.54) is 30.1 Å². The fraction of sp³-hybridized carbons (Fsp3) is 0.200. The molecule has 3 heterocycles. The molecule has 5 heteroatoms. The van der Waals surface area contributed by atoms with Crippen LogP contribution in [0.5, 0.6) is 0 Å². The quantitative estimate of drug-likeness (QED) is 0.132. The summed E-state index contributed by atoms with van der Waals surface area (Å²) in [6.45, 7) is 5.93. The first-order valence-corrected chi connectivity index (χ1v) is 21.4. The Balaban J connectivity index is 0.000000200. The van der Waals surface area contributed by atoms with Crippen LogP contribution >= 0.6 is 11.3 Å². The molecule has 205 valence electrons. The number of fused-ring (bicyclic) bond motifs is 3. The van der Waals surface area contributed by atoms with Crippen LogP contribution in [-0.4, -0.2) is 23.2 Å². The van der Waals surface area contributed by atoms with Crippen LogP contribution in [0.1, 0.15) is 32.2 Å². The number of aryl methyl sites for hydroxylation is 1. The van der Waals surface area contributed by atoms with E-state index in [9.17, 15) is 0 Å². The number of hydrogen-bond acceptors (Lipinski definition) is 3. The summed E-state index contributed by atoms with van der Waals surface area (Å²) in [6.07, 6.45) is 3.83. The molecule has 0 aliphatic heterocycles. The summed E-state index contributed by atoms with van der Waals surface area (Å²) in [5.74, 6) is 6.50. The fourth-order valence-corrected chi connectivity index (χ4v) is 7.83. The predicted molar refractivity (Wildman–Crippen MR) is 172 cm³/mol. The molecule has 2 nitrogen and oxygen atoms in total. The second-order valence-electron chi connectivity index (χ2n) is 11.1. The average molecular weight is 781 g/mol. The number of pyridine rings is 2. The molecule has 40 heavy (non-hydrogen) atoms. The van der Waals surface area contributed by atoms with Crippen LogP contribution in [0, 0.1) is 19.1 Å². The van der Waals surface area contributed by atoms with Gasteiger partial charge < -0.3 is 4.98 Å². The Kier molecular flexibility index (Phi) is 9.32. The van der Waals surface area contributed by atoms with Crippen molar-refractivity contribution >= 4 is 49.2 Å². The first-order chi connectivity index (χ1) is 19.0. The van der Waals surface area contributed by atoms with E-state index < -0.39 is 19.2 Å². The van der Waals surface area contributed by atoms with E-state index in [4.69, 9.17) is 1.37 Å². The van der Waals surface area contributed by atoms with Crippen molar-refractivity contribution in [3.05, 3.63) is 115 Å². The summed E-state index contributed by atoms with van der Waals surface area (Å²) >= 11 is 0.0712. The van der Waals surface area contributed by atoms with Gasteiger partial charge in [-0.05, 0) is 40.7 Å². The smallest absolute Gasteiger partial charge is 0 e. The van der Waals surface area contributed by atoms with Gasteiger partial charge in [0.25, 0.3) is 0 Å². The van der Waals surface area contributed by atoms with Crippen molar-refractivity contribution in [3.8, 4) is 22.5 Å². The van der Waals surface area contributed by atoms with Gasteiger partial charge >= 0.3 is 99.8 Å². The molecule has 0 aliphatic carbocycles. The Morgan fingerprint density at radius 3 is 2.35 bits per heavy atom. The van der Waals surface area contributed by atoms with Crippen molar-refractivity contribution in [2.75, 3.05) is 0 Å². The molecular formula is C35H34GeIrN2S-2. The Bertz CT molecular complexity index is 1770. The van der Waals surface area contributed by atoms with Gasteiger partial charge in [0.05, 0.1) is 0 Å². The summed E-state index contributed by atoms with van der Waals surface area (Å²) < 4.78 is 12.2. The van der Waals surface area contributed by atoms with E-state index in [0.29, 0.717) is 0 Å². The standard InChI is InChI=1S/C21H18NS.C14H16GeN.Ir/c1-13(2)15-9-10-22-19(12-15)17-6-4-5-16-18-11-14(3)7-8-20(18)23-21(16)17;1-15(2,3)13-9-10-14(16-11-13)12-7-5-4-6-8-12;/h4-5,7-13H,1-3H3;4-7,9-11H,1-3H3;/q2*-1;/i13D;;. The van der Waals surface area contributed by atoms with Gasteiger partial charge in [-0.2, -0.15) is 11.3 Å². The summed E-state index contributed by atoms with van der Waals surface area (Å²) in [7, 11) is 0. The zero-order chi connectivity index (χ0) is 28.5. The molecule has 0 atom stereocenters. The number of nitrogens with zero attached hydrogens (tertiary/aromatic N) is 2. The van der Waals surface area contributed by atoms with Gasteiger partial charge in [0.1, 0.15) is 0 Å². The van der Waals surface area contributed by atoms with Crippen molar-refractivity contribution in [2.45, 2.75) is 43.9 Å². The van der Waals surface area contributed by atoms with Crippen LogP contribution in [0.15, 0.2) is 91.3 Å². The van der Waals surface area contributed by atoms with Crippen LogP contribution < -0.4 is 4.40 Å². The van der Waals surface area contributed by atoms with Gasteiger partial charge in [-0.3, -0.25) is 0 Å². The van der Waals surface area contributed by atoms with Gasteiger partial charge in [-0.25, -0.2) is 0 Å². The van der Waals surface area contributed by atoms with Crippen molar-refractivity contribution < 1.29 is 21.5 Å². The Labute approximate surface area is 260 Å². The van der Waals surface area contributed by atoms with Gasteiger partial charge in [-0.15, -0.1) is 23.8 Å². The third-order valence-corrected chi connectivity index (χ3v) is 12.3. The molecule has 0 bridgehead atoms. The molecule has 0 saturated carbocycles. The summed E-state index contributed by atoms with van der Waals surface area (Å²) in [5.41, 5.74) is 6.23. The number of hydrogen-bond donors (Lipinski definition) is 0. The van der Waals surface area contributed by atoms with E-state index in [0.717, 1.165) is 28.1 Å². The molecule has 3 aromatic heterocycles. The van der Waals surface area contributed by atoms with Gasteiger partial charge in [0.2, 0.25) is 0 Å². The minimum Gasteiger partial charge on any atom is 0 e. The van der Waals surface area contributed by atoms with E-state index in [1.54, 1.807) is 17.5 Å². The molecule has 6 aromatic rings. The number of thiophene rings is 1. The summed E-state index contributed by atoms with van der Waals surface area (Å²) in [4.78, 5) is 9.08. The van der Waals surface area contributed by atoms with E-state index in [1.807, 2.05) is 62.5 Å². The second kappa shape index (κ2) is 12.9. The third-order valence-electron chi connectivity index (χ3n) is 6.79. The van der Waals surface area contributed by atoms with Crippen LogP contribution in [-0.2, 0) is 20.1 Å². The minimum absolute atomic E-state index is 0. The zero-order valence-electron chi connectivity index (χ0n) is 24.8. The van der Waals surface area contributed by atoms with Crippen molar-refractivity contribution in [3.63, 3.8) is 0 Å². The first-order valence-electron chi connectivity index (χ1n) is 13.7. The Morgan fingerprint density at radius 2 is 1.68 bits per heavy atom. The molecule has 0 aliphatic rings. The van der Waals surface area contributed by atoms with Crippen LogP contribution in [0.4, 0.5) is 0 Å². The van der Waals surface area contributed by atoms with Crippen molar-refractivity contribution in [2.24, 2.45) is 0 Å². The maximum Gasteiger partial charge on any atom is 0 e. The van der Waals surface area contributed by atoms with Gasteiger partial charge in [-0.1, -0.05) is 48.6 Å². The number of rotatable bonds is 4. The molecule has 3 aromatic carbocycles. The molecule has 0 fully saturated rings. The molecule has 0 N–H and O–H groups in total. The van der Waals surface area contributed by atoms with Crippen LogP contribution in [0.25, 0.3) is 42.7 Å². The van der Waals surface area contributed by atoms with E-state index in [2.05, 4.69) is 82.7 Å². The SMILES string of the molecule is [2H]C(C)(C)c1ccnc(-c2[c-]ccc3c2sc2ccc(C)cc23)c1.[CH3][Ge]([CH3])([CH3])[c]1ccc(-c2[c-]cccc2)nc1.[Ir]. The van der Waals surface area contributed by atoms with E-state index in [-0.39, 0.29) is 20.1 Å². The maximum atomic E-state index is 8.27. The van der Waals surface area contributed by atoms with Crippen molar-refractivity contribution in [1.82, 2.24) is 9.97 Å². The predicted octanol–water partition coefficient (Wildman–Crippen LogP) is 9.44. The molecule has 1 radical (unpaired) electrons. The van der Waals surface area contributed by atoms with Gasteiger partial charge in [0.15, 0.2) is 0 Å². The maximum absolute atomic E-state index is 8.27. The Morgan fingerprint density at radius 1 is 0.850 bits per heavy atom. The van der Waals surface area contributed by atoms with Crippen molar-refractivity contribution in [1.29, 1.82) is 0 Å². The van der Waals surface area contributed by atoms with Crippen LogP contribution in [0.3, 0.4) is 0 Å². The van der Waals surface area contributed by atoms with E-state index >= 15 is 0 Å². The molecular weight excluding hydrogens is 745 g/mol. The summed E-state index contributed by atoms with van der Waals surface area (Å²) in [5, 5.41) is 2.55. The molecule has 6 rings (SSSR count). The first kappa shape index (κ1) is 28.9. The third kappa shape index (κ3) is 6.80. The minimum atomic E-state index is -1.72. The molecule has 0 unspecified atom stereocenters. The number of aromatic nitrogens is 2. The number of benzene rings is 3. The van der Waals surface area contributed by atoms with Crippen LogP contribution in [0.2, 0.25) is 17.3 Å². The summed E-state index contributed by atoms with van der Waals surface area (Å²) in [6, 6.07) is 33.5. The molecule has 0 saturated heterocycles.